The highest BCUT2D eigenvalue weighted by Gasteiger charge is 2.35. The molecule has 0 saturated carbocycles. The summed E-state index contributed by atoms with van der Waals surface area (Å²) in [5, 5.41) is 9.48. The first-order chi connectivity index (χ1) is 8.01. The molecule has 4 nitrogen and oxygen atoms in total. The van der Waals surface area contributed by atoms with Crippen molar-refractivity contribution in [3.63, 3.8) is 0 Å². The van der Waals surface area contributed by atoms with Crippen molar-refractivity contribution in [1.82, 2.24) is 4.98 Å². The molecule has 0 aliphatic rings. The van der Waals surface area contributed by atoms with Crippen LogP contribution in [0.15, 0.2) is 18.3 Å². The number of esters is 1. The summed E-state index contributed by atoms with van der Waals surface area (Å²) in [4.78, 5) is 15.6. The van der Waals surface area contributed by atoms with Gasteiger partial charge in [0.2, 0.25) is 0 Å². The minimum absolute atomic E-state index is 0.256. The Labute approximate surface area is 105 Å². The molecule has 0 N–H and O–H groups in total. The monoisotopic (exact) mass is 252 g/mol. The number of carbonyl (C=O) groups excluding carboxylic acids is 1. The lowest BCUT2D eigenvalue weighted by molar-refractivity contribution is -0.151. The second-order valence-electron chi connectivity index (χ2n) is 3.83. The lowest BCUT2D eigenvalue weighted by Gasteiger charge is -2.19. The summed E-state index contributed by atoms with van der Waals surface area (Å²) in [6.07, 6.45) is 1.81. The molecule has 5 heteroatoms. The van der Waals surface area contributed by atoms with E-state index in [1.807, 2.05) is 6.07 Å². The van der Waals surface area contributed by atoms with Crippen molar-refractivity contribution in [3.8, 4) is 6.07 Å². The first-order valence-electron chi connectivity index (χ1n) is 5.20. The van der Waals surface area contributed by atoms with Crippen molar-refractivity contribution >= 4 is 17.6 Å². The van der Waals surface area contributed by atoms with E-state index in [0.717, 1.165) is 5.56 Å². The molecule has 1 atom stereocenters. The van der Waals surface area contributed by atoms with Gasteiger partial charge in [0.05, 0.1) is 12.7 Å². The van der Waals surface area contributed by atoms with Gasteiger partial charge in [-0.3, -0.25) is 4.79 Å². The van der Waals surface area contributed by atoms with E-state index in [0.29, 0.717) is 5.15 Å². The number of aromatic nitrogens is 1. The van der Waals surface area contributed by atoms with E-state index < -0.39 is 11.4 Å². The Kier molecular flexibility index (Phi) is 4.47. The molecular weight excluding hydrogens is 240 g/mol. The Balaban J connectivity index is 2.86. The number of halogens is 1. The molecule has 0 spiro atoms. The van der Waals surface area contributed by atoms with E-state index >= 15 is 0 Å². The van der Waals surface area contributed by atoms with Crippen LogP contribution in [0.1, 0.15) is 19.4 Å². The predicted octanol–water partition coefficient (Wildman–Crippen LogP) is 2.37. The molecule has 17 heavy (non-hydrogen) atoms. The fourth-order valence-electron chi connectivity index (χ4n) is 1.37. The fraction of sp³-hybridized carbons (Fsp3) is 0.417. The number of carbonyl (C=O) groups is 1. The molecule has 1 aromatic rings. The van der Waals surface area contributed by atoms with Gasteiger partial charge in [-0.2, -0.15) is 5.26 Å². The van der Waals surface area contributed by atoms with Crippen LogP contribution in [0.5, 0.6) is 0 Å². The van der Waals surface area contributed by atoms with Crippen LogP contribution in [0.4, 0.5) is 0 Å². The Morgan fingerprint density at radius 3 is 2.82 bits per heavy atom. The number of rotatable bonds is 4. The Morgan fingerprint density at radius 1 is 1.65 bits per heavy atom. The zero-order valence-corrected chi connectivity index (χ0v) is 10.5. The molecule has 90 valence electrons. The minimum atomic E-state index is -1.19. The van der Waals surface area contributed by atoms with Crippen molar-refractivity contribution in [2.45, 2.75) is 20.3 Å². The second-order valence-corrected chi connectivity index (χ2v) is 4.22. The topological polar surface area (TPSA) is 63.0 Å². The zero-order valence-electron chi connectivity index (χ0n) is 9.74. The van der Waals surface area contributed by atoms with Gasteiger partial charge in [0.1, 0.15) is 5.15 Å². The van der Waals surface area contributed by atoms with Gasteiger partial charge in [0.15, 0.2) is 5.41 Å². The number of hydrogen-bond acceptors (Lipinski definition) is 4. The van der Waals surface area contributed by atoms with Crippen molar-refractivity contribution in [2.75, 3.05) is 6.61 Å². The highest BCUT2D eigenvalue weighted by atomic mass is 35.5. The number of hydrogen-bond donors (Lipinski definition) is 0. The quantitative estimate of drug-likeness (QED) is 0.610. The largest absolute Gasteiger partial charge is 0.465 e. The molecule has 1 unspecified atom stereocenters. The van der Waals surface area contributed by atoms with Crippen molar-refractivity contribution in [3.05, 3.63) is 29.0 Å². The summed E-state index contributed by atoms with van der Waals surface area (Å²) in [5.74, 6) is -0.516. The summed E-state index contributed by atoms with van der Waals surface area (Å²) in [5.41, 5.74) is -0.419. The van der Waals surface area contributed by atoms with Crippen LogP contribution >= 0.6 is 11.6 Å². The van der Waals surface area contributed by atoms with Gasteiger partial charge < -0.3 is 4.74 Å². The van der Waals surface area contributed by atoms with Gasteiger partial charge in [-0.05, 0) is 25.5 Å². The summed E-state index contributed by atoms with van der Waals surface area (Å²) >= 11 is 5.66. The smallest absolute Gasteiger partial charge is 0.326 e. The standard InChI is InChI=1S/C12H13ClN2O2/c1-3-17-11(16)12(2,8-14)6-9-4-5-10(13)15-7-9/h4-5,7H,3,6H2,1-2H3. The van der Waals surface area contributed by atoms with Crippen LogP contribution in [0.25, 0.3) is 0 Å². The second kappa shape index (κ2) is 5.65. The average Bonchev–Trinajstić information content (AvgIpc) is 2.32. The van der Waals surface area contributed by atoms with Gasteiger partial charge in [-0.25, -0.2) is 4.98 Å². The number of pyridine rings is 1. The van der Waals surface area contributed by atoms with Crippen molar-refractivity contribution in [2.24, 2.45) is 5.41 Å². The third kappa shape index (κ3) is 3.43. The molecule has 1 heterocycles. The summed E-state index contributed by atoms with van der Waals surface area (Å²) in [7, 11) is 0. The van der Waals surface area contributed by atoms with Gasteiger partial charge in [-0.1, -0.05) is 17.7 Å². The molecule has 1 rings (SSSR count). The maximum atomic E-state index is 11.7. The van der Waals surface area contributed by atoms with E-state index in [1.165, 1.54) is 0 Å². The van der Waals surface area contributed by atoms with Gasteiger partial charge in [-0.15, -0.1) is 0 Å². The normalized spacial score (nSPS) is 13.5. The van der Waals surface area contributed by atoms with E-state index in [1.54, 1.807) is 32.2 Å². The van der Waals surface area contributed by atoms with E-state index in [2.05, 4.69) is 4.98 Å². The lowest BCUT2D eigenvalue weighted by Crippen LogP contribution is -2.30. The zero-order chi connectivity index (χ0) is 12.9. The molecule has 0 amide bonds. The molecule has 0 aromatic carbocycles. The molecule has 1 aromatic heterocycles. The number of nitrogens with zero attached hydrogens (tertiary/aromatic N) is 2. The van der Waals surface area contributed by atoms with Gasteiger partial charge >= 0.3 is 5.97 Å². The molecule has 0 aliphatic heterocycles. The Hall–Kier alpha value is -1.60. The van der Waals surface area contributed by atoms with Gasteiger partial charge in [0.25, 0.3) is 0 Å². The van der Waals surface area contributed by atoms with Crippen LogP contribution in [-0.4, -0.2) is 17.6 Å². The Bertz CT molecular complexity index is 439. The predicted molar refractivity (Wildman–Crippen MR) is 63.3 cm³/mol. The first-order valence-corrected chi connectivity index (χ1v) is 5.58. The first kappa shape index (κ1) is 13.5. The van der Waals surface area contributed by atoms with Crippen LogP contribution in [0, 0.1) is 16.7 Å². The van der Waals surface area contributed by atoms with Crippen molar-refractivity contribution in [1.29, 1.82) is 5.26 Å². The van der Waals surface area contributed by atoms with Crippen LogP contribution in [0.2, 0.25) is 5.15 Å². The molecule has 0 radical (unpaired) electrons. The van der Waals surface area contributed by atoms with Crippen LogP contribution < -0.4 is 0 Å². The number of nitriles is 1. The van der Waals surface area contributed by atoms with Crippen LogP contribution in [0.3, 0.4) is 0 Å². The van der Waals surface area contributed by atoms with Gasteiger partial charge in [0, 0.05) is 12.6 Å². The Morgan fingerprint density at radius 2 is 2.35 bits per heavy atom. The molecule has 0 bridgehead atoms. The molecule has 0 fully saturated rings. The summed E-state index contributed by atoms with van der Waals surface area (Å²) < 4.78 is 4.89. The molecular formula is C12H13ClN2O2. The average molecular weight is 253 g/mol. The maximum Gasteiger partial charge on any atom is 0.326 e. The van der Waals surface area contributed by atoms with Crippen molar-refractivity contribution < 1.29 is 9.53 Å². The minimum Gasteiger partial charge on any atom is -0.465 e. The highest BCUT2D eigenvalue weighted by Crippen LogP contribution is 2.23. The van der Waals surface area contributed by atoms with E-state index in [4.69, 9.17) is 21.6 Å². The maximum absolute atomic E-state index is 11.7. The van der Waals surface area contributed by atoms with E-state index in [-0.39, 0.29) is 13.0 Å². The lowest BCUT2D eigenvalue weighted by atomic mass is 9.86. The van der Waals surface area contributed by atoms with Crippen LogP contribution in [-0.2, 0) is 16.0 Å². The molecule has 0 saturated heterocycles. The molecule has 0 aliphatic carbocycles. The summed E-state index contributed by atoms with van der Waals surface area (Å²) in [6, 6.07) is 5.36. The number of ether oxygens (including phenoxy) is 1. The highest BCUT2D eigenvalue weighted by molar-refractivity contribution is 6.29. The third-order valence-electron chi connectivity index (χ3n) is 2.32. The van der Waals surface area contributed by atoms with E-state index in [9.17, 15) is 4.79 Å². The summed E-state index contributed by atoms with van der Waals surface area (Å²) in [6.45, 7) is 3.52. The third-order valence-corrected chi connectivity index (χ3v) is 2.54. The SMILES string of the molecule is CCOC(=O)C(C)(C#N)Cc1ccc(Cl)nc1. The fourth-order valence-corrected chi connectivity index (χ4v) is 1.48.